The number of carboxylic acid groups (broad SMARTS) is 1. The summed E-state index contributed by atoms with van der Waals surface area (Å²) in [6.45, 7) is 4.15. The topological polar surface area (TPSA) is 92.5 Å². The van der Waals surface area contributed by atoms with Gasteiger partial charge in [-0.15, -0.1) is 11.8 Å². The number of benzene rings is 2. The van der Waals surface area contributed by atoms with Crippen molar-refractivity contribution in [2.45, 2.75) is 37.6 Å². The van der Waals surface area contributed by atoms with E-state index in [9.17, 15) is 20.0 Å². The van der Waals surface area contributed by atoms with Gasteiger partial charge in [-0.2, -0.15) is 0 Å². The highest BCUT2D eigenvalue weighted by atomic mass is 32.2. The first kappa shape index (κ1) is 19.9. The fourth-order valence-corrected chi connectivity index (χ4v) is 3.77. The third-order valence-corrected chi connectivity index (χ3v) is 5.29. The van der Waals surface area contributed by atoms with Crippen molar-refractivity contribution < 1.29 is 14.8 Å². The number of hydrogen-bond donors (Lipinski definition) is 2. The number of thioether (sulfide) groups is 1. The van der Waals surface area contributed by atoms with Gasteiger partial charge in [-0.05, 0) is 36.5 Å². The van der Waals surface area contributed by atoms with Crippen LogP contribution in [0.2, 0.25) is 0 Å². The van der Waals surface area contributed by atoms with Gasteiger partial charge in [0.15, 0.2) is 0 Å². The van der Waals surface area contributed by atoms with Gasteiger partial charge < -0.3 is 5.11 Å². The van der Waals surface area contributed by atoms with Gasteiger partial charge >= 0.3 is 5.97 Å². The number of hydrogen-bond acceptors (Lipinski definition) is 5. The zero-order valence-electron chi connectivity index (χ0n) is 14.8. The number of aryl methyl sites for hydroxylation is 2. The average molecular weight is 374 g/mol. The summed E-state index contributed by atoms with van der Waals surface area (Å²) in [5, 5.41) is 23.2. The van der Waals surface area contributed by atoms with E-state index in [0.717, 1.165) is 12.0 Å². The maximum absolute atomic E-state index is 11.5. The molecule has 0 aliphatic heterocycles. The number of aliphatic carboxylic acids is 1. The standard InChI is InChI=1S/C19H22N2O4S/c1-3-15-6-4-5-13(2)18(15)26-12-20-17(19(22)23)11-14-7-9-16(10-8-14)21(24)25/h4-10,17,20H,3,11-12H2,1-2H3,(H,22,23)/t17-/m0/s1. The van der Waals surface area contributed by atoms with Crippen LogP contribution in [0.4, 0.5) is 5.69 Å². The second-order valence-corrected chi connectivity index (χ2v) is 6.91. The van der Waals surface area contributed by atoms with Gasteiger partial charge in [0.25, 0.3) is 5.69 Å². The Balaban J connectivity index is 1.99. The van der Waals surface area contributed by atoms with Gasteiger partial charge in [0.1, 0.15) is 6.04 Å². The van der Waals surface area contributed by atoms with Gasteiger partial charge in [0.05, 0.1) is 4.92 Å². The number of rotatable bonds is 9. The number of non-ortho nitro benzene ring substituents is 1. The van der Waals surface area contributed by atoms with E-state index < -0.39 is 16.9 Å². The van der Waals surface area contributed by atoms with E-state index in [-0.39, 0.29) is 12.1 Å². The Morgan fingerprint density at radius 3 is 2.54 bits per heavy atom. The predicted octanol–water partition coefficient (Wildman–Crippen LogP) is 3.80. The molecule has 0 aromatic heterocycles. The Labute approximate surface area is 156 Å². The number of nitro benzene ring substituents is 1. The predicted molar refractivity (Wildman–Crippen MR) is 103 cm³/mol. The Morgan fingerprint density at radius 2 is 1.96 bits per heavy atom. The zero-order chi connectivity index (χ0) is 19.1. The maximum atomic E-state index is 11.5. The molecule has 2 aromatic rings. The Kier molecular flexibility index (Phi) is 7.17. The zero-order valence-corrected chi connectivity index (χ0v) is 15.6. The SMILES string of the molecule is CCc1cccc(C)c1SCN[C@@H](Cc1ccc([N+](=O)[O-])cc1)C(=O)O. The van der Waals surface area contributed by atoms with Crippen molar-refractivity contribution in [3.63, 3.8) is 0 Å². The lowest BCUT2D eigenvalue weighted by Gasteiger charge is -2.16. The molecule has 0 saturated heterocycles. The van der Waals surface area contributed by atoms with E-state index in [2.05, 4.69) is 18.3 Å². The minimum absolute atomic E-state index is 0.00390. The minimum atomic E-state index is -0.940. The first-order valence-electron chi connectivity index (χ1n) is 8.33. The molecule has 0 fully saturated rings. The van der Waals surface area contributed by atoms with Crippen LogP contribution in [0, 0.1) is 17.0 Å². The average Bonchev–Trinajstić information content (AvgIpc) is 2.62. The van der Waals surface area contributed by atoms with Crippen LogP contribution in [0.3, 0.4) is 0 Å². The minimum Gasteiger partial charge on any atom is -0.480 e. The molecule has 138 valence electrons. The molecule has 2 N–H and O–H groups in total. The summed E-state index contributed by atoms with van der Waals surface area (Å²) in [5.74, 6) is -0.466. The van der Waals surface area contributed by atoms with Gasteiger partial charge in [-0.3, -0.25) is 20.2 Å². The van der Waals surface area contributed by atoms with E-state index in [0.29, 0.717) is 5.88 Å². The van der Waals surface area contributed by atoms with Crippen LogP contribution >= 0.6 is 11.8 Å². The molecule has 7 heteroatoms. The Hall–Kier alpha value is -2.38. The summed E-state index contributed by atoms with van der Waals surface area (Å²) < 4.78 is 0. The number of nitrogens with zero attached hydrogens (tertiary/aromatic N) is 1. The number of nitro groups is 1. The summed E-state index contributed by atoms with van der Waals surface area (Å²) >= 11 is 1.60. The monoisotopic (exact) mass is 374 g/mol. The van der Waals surface area contributed by atoms with Crippen molar-refractivity contribution in [1.29, 1.82) is 0 Å². The molecule has 0 aliphatic carbocycles. The Morgan fingerprint density at radius 1 is 1.27 bits per heavy atom. The molecular weight excluding hydrogens is 352 g/mol. The summed E-state index contributed by atoms with van der Waals surface area (Å²) in [7, 11) is 0. The number of nitrogens with one attached hydrogen (secondary N) is 1. The lowest BCUT2D eigenvalue weighted by Crippen LogP contribution is -2.38. The highest BCUT2D eigenvalue weighted by molar-refractivity contribution is 7.99. The molecule has 0 bridgehead atoms. The quantitative estimate of drug-likeness (QED) is 0.300. The first-order valence-corrected chi connectivity index (χ1v) is 9.31. The molecule has 0 unspecified atom stereocenters. The van der Waals surface area contributed by atoms with Crippen molar-refractivity contribution in [2.24, 2.45) is 0 Å². The van der Waals surface area contributed by atoms with E-state index in [1.54, 1.807) is 23.9 Å². The van der Waals surface area contributed by atoms with E-state index in [1.165, 1.54) is 28.2 Å². The third kappa shape index (κ3) is 5.31. The van der Waals surface area contributed by atoms with Crippen molar-refractivity contribution >= 4 is 23.4 Å². The second kappa shape index (κ2) is 9.35. The molecule has 26 heavy (non-hydrogen) atoms. The van der Waals surface area contributed by atoms with Crippen LogP contribution in [-0.4, -0.2) is 27.9 Å². The summed E-state index contributed by atoms with van der Waals surface area (Å²) in [4.78, 5) is 22.9. The summed E-state index contributed by atoms with van der Waals surface area (Å²) in [6.07, 6.45) is 1.19. The highest BCUT2D eigenvalue weighted by Crippen LogP contribution is 2.26. The molecule has 0 spiro atoms. The van der Waals surface area contributed by atoms with Crippen molar-refractivity contribution in [3.8, 4) is 0 Å². The van der Waals surface area contributed by atoms with Gasteiger partial charge in [-0.1, -0.05) is 37.3 Å². The van der Waals surface area contributed by atoms with Crippen molar-refractivity contribution in [1.82, 2.24) is 5.32 Å². The molecule has 0 heterocycles. The van der Waals surface area contributed by atoms with Crippen molar-refractivity contribution in [2.75, 3.05) is 5.88 Å². The van der Waals surface area contributed by atoms with Gasteiger partial charge in [0.2, 0.25) is 0 Å². The molecule has 0 amide bonds. The van der Waals surface area contributed by atoms with Crippen LogP contribution in [0.15, 0.2) is 47.4 Å². The normalized spacial score (nSPS) is 11.9. The summed E-state index contributed by atoms with van der Waals surface area (Å²) in [5.41, 5.74) is 3.17. The molecule has 2 rings (SSSR count). The fourth-order valence-electron chi connectivity index (χ4n) is 2.65. The lowest BCUT2D eigenvalue weighted by atomic mass is 10.1. The van der Waals surface area contributed by atoms with Crippen LogP contribution in [0.5, 0.6) is 0 Å². The fraction of sp³-hybridized carbons (Fsp3) is 0.316. The third-order valence-electron chi connectivity index (χ3n) is 4.11. The number of carbonyl (C=O) groups is 1. The largest absolute Gasteiger partial charge is 0.480 e. The molecular formula is C19H22N2O4S. The van der Waals surface area contributed by atoms with E-state index >= 15 is 0 Å². The maximum Gasteiger partial charge on any atom is 0.321 e. The van der Waals surface area contributed by atoms with E-state index in [4.69, 9.17) is 0 Å². The Bertz CT molecular complexity index is 778. The molecule has 0 aliphatic rings. The van der Waals surface area contributed by atoms with Gasteiger partial charge in [0, 0.05) is 22.9 Å². The second-order valence-electron chi connectivity index (χ2n) is 5.93. The van der Waals surface area contributed by atoms with Gasteiger partial charge in [-0.25, -0.2) is 0 Å². The molecule has 0 radical (unpaired) electrons. The molecule has 0 saturated carbocycles. The number of carboxylic acids is 1. The highest BCUT2D eigenvalue weighted by Gasteiger charge is 2.18. The summed E-state index contributed by atoms with van der Waals surface area (Å²) in [6, 6.07) is 11.4. The molecule has 2 aromatic carbocycles. The van der Waals surface area contributed by atoms with Crippen LogP contribution < -0.4 is 5.32 Å². The molecule has 1 atom stereocenters. The van der Waals surface area contributed by atoms with Crippen LogP contribution in [0.1, 0.15) is 23.6 Å². The van der Waals surface area contributed by atoms with Crippen molar-refractivity contribution in [3.05, 3.63) is 69.3 Å². The van der Waals surface area contributed by atoms with Crippen LogP contribution in [0.25, 0.3) is 0 Å². The van der Waals surface area contributed by atoms with Crippen LogP contribution in [-0.2, 0) is 17.6 Å². The lowest BCUT2D eigenvalue weighted by molar-refractivity contribution is -0.384. The smallest absolute Gasteiger partial charge is 0.321 e. The first-order chi connectivity index (χ1) is 12.4. The molecule has 6 nitrogen and oxygen atoms in total. The van der Waals surface area contributed by atoms with E-state index in [1.807, 2.05) is 19.1 Å².